The third-order valence-corrected chi connectivity index (χ3v) is 3.57. The average molecular weight is 263 g/mol. The van der Waals surface area contributed by atoms with E-state index in [0.29, 0.717) is 6.04 Å². The van der Waals surface area contributed by atoms with Gasteiger partial charge in [-0.2, -0.15) is 0 Å². The molecule has 1 aromatic rings. The SMILES string of the molecule is CCCNC(c1ccc(CCC)cc1)C(CC)OC. The summed E-state index contributed by atoms with van der Waals surface area (Å²) in [6, 6.07) is 9.30. The first kappa shape index (κ1) is 16.2. The summed E-state index contributed by atoms with van der Waals surface area (Å²) < 4.78 is 5.63. The number of methoxy groups -OCH3 is 1. The highest BCUT2D eigenvalue weighted by Gasteiger charge is 2.20. The van der Waals surface area contributed by atoms with Crippen LogP contribution in [0.15, 0.2) is 24.3 Å². The van der Waals surface area contributed by atoms with Gasteiger partial charge in [0.15, 0.2) is 0 Å². The van der Waals surface area contributed by atoms with E-state index >= 15 is 0 Å². The Labute approximate surface area is 118 Å². The third kappa shape index (κ3) is 4.96. The van der Waals surface area contributed by atoms with Crippen LogP contribution >= 0.6 is 0 Å². The lowest BCUT2D eigenvalue weighted by molar-refractivity contribution is 0.0651. The number of aryl methyl sites for hydroxylation is 1. The molecule has 0 aliphatic rings. The number of hydrogen-bond acceptors (Lipinski definition) is 2. The molecule has 0 saturated heterocycles. The van der Waals surface area contributed by atoms with Gasteiger partial charge in [-0.15, -0.1) is 0 Å². The van der Waals surface area contributed by atoms with Crippen LogP contribution in [0.25, 0.3) is 0 Å². The van der Waals surface area contributed by atoms with E-state index in [1.54, 1.807) is 7.11 Å². The van der Waals surface area contributed by atoms with Crippen molar-refractivity contribution in [1.29, 1.82) is 0 Å². The highest BCUT2D eigenvalue weighted by Crippen LogP contribution is 2.22. The van der Waals surface area contributed by atoms with Crippen LogP contribution in [0, 0.1) is 0 Å². The van der Waals surface area contributed by atoms with E-state index in [0.717, 1.165) is 25.8 Å². The molecule has 1 aromatic carbocycles. The molecule has 1 N–H and O–H groups in total. The van der Waals surface area contributed by atoms with Crippen LogP contribution in [0.5, 0.6) is 0 Å². The predicted molar refractivity (Wildman–Crippen MR) is 82.6 cm³/mol. The highest BCUT2D eigenvalue weighted by molar-refractivity contribution is 5.26. The summed E-state index contributed by atoms with van der Waals surface area (Å²) in [7, 11) is 1.81. The van der Waals surface area contributed by atoms with E-state index in [4.69, 9.17) is 4.74 Å². The zero-order chi connectivity index (χ0) is 14.1. The molecule has 108 valence electrons. The van der Waals surface area contributed by atoms with Crippen LogP contribution in [0.3, 0.4) is 0 Å². The topological polar surface area (TPSA) is 21.3 Å². The summed E-state index contributed by atoms with van der Waals surface area (Å²) in [5.74, 6) is 0. The Morgan fingerprint density at radius 3 is 2.21 bits per heavy atom. The van der Waals surface area contributed by atoms with Crippen LogP contribution < -0.4 is 5.32 Å². The molecule has 19 heavy (non-hydrogen) atoms. The zero-order valence-corrected chi connectivity index (χ0v) is 12.9. The molecule has 0 aromatic heterocycles. The van der Waals surface area contributed by atoms with Crippen molar-refractivity contribution >= 4 is 0 Å². The van der Waals surface area contributed by atoms with Crippen LogP contribution in [-0.4, -0.2) is 19.8 Å². The lowest BCUT2D eigenvalue weighted by Gasteiger charge is -2.27. The molecule has 0 saturated carbocycles. The Bertz CT molecular complexity index is 330. The van der Waals surface area contributed by atoms with E-state index in [9.17, 15) is 0 Å². The Hall–Kier alpha value is -0.860. The van der Waals surface area contributed by atoms with Crippen LogP contribution in [0.2, 0.25) is 0 Å². The van der Waals surface area contributed by atoms with Crippen molar-refractivity contribution in [3.05, 3.63) is 35.4 Å². The molecule has 0 radical (unpaired) electrons. The smallest absolute Gasteiger partial charge is 0.0763 e. The number of rotatable bonds is 9. The summed E-state index contributed by atoms with van der Waals surface area (Å²) in [6.07, 6.45) is 4.77. The van der Waals surface area contributed by atoms with E-state index in [2.05, 4.69) is 50.4 Å². The van der Waals surface area contributed by atoms with E-state index in [-0.39, 0.29) is 6.10 Å². The fraction of sp³-hybridized carbons (Fsp3) is 0.647. The van der Waals surface area contributed by atoms with Gasteiger partial charge in [0.2, 0.25) is 0 Å². The van der Waals surface area contributed by atoms with Crippen molar-refractivity contribution in [2.24, 2.45) is 0 Å². The van der Waals surface area contributed by atoms with Gasteiger partial charge in [-0.3, -0.25) is 0 Å². The van der Waals surface area contributed by atoms with Crippen molar-refractivity contribution in [1.82, 2.24) is 5.32 Å². The van der Waals surface area contributed by atoms with E-state index in [1.807, 2.05) is 0 Å². The second kappa shape index (κ2) is 9.11. The normalized spacial score (nSPS) is 14.3. The minimum atomic E-state index is 0.239. The van der Waals surface area contributed by atoms with Gasteiger partial charge in [-0.25, -0.2) is 0 Å². The molecule has 0 heterocycles. The molecule has 2 atom stereocenters. The van der Waals surface area contributed by atoms with Crippen molar-refractivity contribution in [2.45, 2.75) is 58.6 Å². The number of hydrogen-bond donors (Lipinski definition) is 1. The van der Waals surface area contributed by atoms with E-state index in [1.165, 1.54) is 17.5 Å². The van der Waals surface area contributed by atoms with Gasteiger partial charge < -0.3 is 10.1 Å². The van der Waals surface area contributed by atoms with E-state index < -0.39 is 0 Å². The molecular weight excluding hydrogens is 234 g/mol. The Morgan fingerprint density at radius 2 is 1.74 bits per heavy atom. The van der Waals surface area contributed by atoms with Gasteiger partial charge in [0.05, 0.1) is 12.1 Å². The fourth-order valence-electron chi connectivity index (χ4n) is 2.48. The van der Waals surface area contributed by atoms with Crippen molar-refractivity contribution in [3.8, 4) is 0 Å². The minimum Gasteiger partial charge on any atom is -0.379 e. The van der Waals surface area contributed by atoms with Gasteiger partial charge in [0.25, 0.3) is 0 Å². The maximum atomic E-state index is 5.63. The van der Waals surface area contributed by atoms with Gasteiger partial charge >= 0.3 is 0 Å². The van der Waals surface area contributed by atoms with Crippen molar-refractivity contribution in [2.75, 3.05) is 13.7 Å². The summed E-state index contributed by atoms with van der Waals surface area (Å²) in [4.78, 5) is 0. The average Bonchev–Trinajstić information content (AvgIpc) is 2.45. The number of nitrogens with one attached hydrogen (secondary N) is 1. The summed E-state index contributed by atoms with van der Waals surface area (Å²) in [5.41, 5.74) is 2.76. The molecule has 0 amide bonds. The maximum absolute atomic E-state index is 5.63. The Balaban J connectivity index is 2.83. The molecule has 2 nitrogen and oxygen atoms in total. The predicted octanol–water partition coefficient (Wildman–Crippen LogP) is 4.10. The van der Waals surface area contributed by atoms with Gasteiger partial charge in [-0.1, -0.05) is 51.5 Å². The van der Waals surface area contributed by atoms with Gasteiger partial charge in [-0.05, 0) is 36.9 Å². The Kier molecular flexibility index (Phi) is 7.76. The largest absolute Gasteiger partial charge is 0.379 e. The molecule has 2 heteroatoms. The van der Waals surface area contributed by atoms with Crippen molar-refractivity contribution in [3.63, 3.8) is 0 Å². The fourth-order valence-corrected chi connectivity index (χ4v) is 2.48. The standard InChI is InChI=1S/C17H29NO/c1-5-8-14-9-11-15(12-10-14)17(18-13-6-2)16(7-3)19-4/h9-12,16-18H,5-8,13H2,1-4H3. The molecule has 0 aliphatic heterocycles. The summed E-state index contributed by atoms with van der Waals surface area (Å²) >= 11 is 0. The first-order valence-electron chi connectivity index (χ1n) is 7.61. The number of ether oxygens (including phenoxy) is 1. The van der Waals surface area contributed by atoms with Gasteiger partial charge in [0.1, 0.15) is 0 Å². The highest BCUT2D eigenvalue weighted by atomic mass is 16.5. The lowest BCUT2D eigenvalue weighted by Crippen LogP contribution is -2.33. The van der Waals surface area contributed by atoms with Crippen molar-refractivity contribution < 1.29 is 4.74 Å². The quantitative estimate of drug-likeness (QED) is 0.724. The maximum Gasteiger partial charge on any atom is 0.0763 e. The second-order valence-corrected chi connectivity index (χ2v) is 5.11. The molecule has 1 rings (SSSR count). The first-order chi connectivity index (χ1) is 9.26. The number of benzene rings is 1. The molecule has 0 fully saturated rings. The monoisotopic (exact) mass is 263 g/mol. The molecule has 0 spiro atoms. The summed E-state index contributed by atoms with van der Waals surface area (Å²) in [5, 5.41) is 3.61. The molecule has 2 unspecified atom stereocenters. The van der Waals surface area contributed by atoms with Crippen LogP contribution in [0.4, 0.5) is 0 Å². The first-order valence-corrected chi connectivity index (χ1v) is 7.61. The Morgan fingerprint density at radius 1 is 1.05 bits per heavy atom. The molecular formula is C17H29NO. The second-order valence-electron chi connectivity index (χ2n) is 5.11. The molecule has 0 aliphatic carbocycles. The zero-order valence-electron chi connectivity index (χ0n) is 12.9. The molecule has 0 bridgehead atoms. The van der Waals surface area contributed by atoms with Crippen LogP contribution in [0.1, 0.15) is 57.2 Å². The summed E-state index contributed by atoms with van der Waals surface area (Å²) in [6.45, 7) is 7.63. The minimum absolute atomic E-state index is 0.239. The van der Waals surface area contributed by atoms with Crippen LogP contribution in [-0.2, 0) is 11.2 Å². The van der Waals surface area contributed by atoms with Gasteiger partial charge in [0, 0.05) is 7.11 Å². The lowest BCUT2D eigenvalue weighted by atomic mass is 9.97. The third-order valence-electron chi connectivity index (χ3n) is 3.57.